The highest BCUT2D eigenvalue weighted by Gasteiger charge is 2.44. The number of nitrogens with one attached hydrogen (secondary N) is 1. The molecule has 1 aliphatic carbocycles. The maximum Gasteiger partial charge on any atom is 0.336 e. The first-order valence-corrected chi connectivity index (χ1v) is 7.39. The molecule has 0 radical (unpaired) electrons. The molecule has 3 rings (SSSR count). The van der Waals surface area contributed by atoms with Gasteiger partial charge in [0.25, 0.3) is 0 Å². The molecule has 21 heavy (non-hydrogen) atoms. The van der Waals surface area contributed by atoms with Crippen LogP contribution in [0, 0.1) is 11.3 Å². The molecular weight excluding hydrogens is 264 g/mol. The largest absolute Gasteiger partial charge is 0.478 e. The molecule has 0 amide bonds. The molecule has 0 unspecified atom stereocenters. The number of carboxylic acids is 1. The number of aromatic nitrogens is 1. The number of pyridine rings is 1. The third-order valence-electron chi connectivity index (χ3n) is 4.70. The molecule has 0 saturated heterocycles. The molecule has 2 N–H and O–H groups in total. The average molecular weight is 284 g/mol. The van der Waals surface area contributed by atoms with Gasteiger partial charge in [-0.05, 0) is 48.4 Å². The van der Waals surface area contributed by atoms with Crippen molar-refractivity contribution >= 4 is 22.7 Å². The van der Waals surface area contributed by atoms with Crippen LogP contribution in [0.2, 0.25) is 0 Å². The van der Waals surface area contributed by atoms with Crippen molar-refractivity contribution in [2.75, 3.05) is 11.9 Å². The lowest BCUT2D eigenvalue weighted by Gasteiger charge is -2.20. The quantitative estimate of drug-likeness (QED) is 0.877. The summed E-state index contributed by atoms with van der Waals surface area (Å²) in [5.41, 5.74) is 1.43. The van der Waals surface area contributed by atoms with Gasteiger partial charge in [-0.25, -0.2) is 9.78 Å². The maximum atomic E-state index is 11.2. The standard InChI is InChI=1S/C17H20N2O2/c1-11(2)17(8-9-17)10-18-15-7-6-12-13(16(20)21)4-3-5-14(12)19-15/h3-7,11H,8-10H2,1-2H3,(H,18,19)(H,20,21). The Hall–Kier alpha value is -2.10. The van der Waals surface area contributed by atoms with Gasteiger partial charge in [-0.15, -0.1) is 0 Å². The van der Waals surface area contributed by atoms with Crippen molar-refractivity contribution in [3.8, 4) is 0 Å². The predicted molar refractivity (Wildman–Crippen MR) is 83.7 cm³/mol. The summed E-state index contributed by atoms with van der Waals surface area (Å²) in [5.74, 6) is 0.570. The van der Waals surface area contributed by atoms with Gasteiger partial charge in [0, 0.05) is 11.9 Å². The lowest BCUT2D eigenvalue weighted by Crippen LogP contribution is -2.21. The van der Waals surface area contributed by atoms with Crippen molar-refractivity contribution in [1.82, 2.24) is 4.98 Å². The Labute approximate surface area is 124 Å². The number of carboxylic acid groups (broad SMARTS) is 1. The van der Waals surface area contributed by atoms with Gasteiger partial charge in [0.1, 0.15) is 5.82 Å². The Bertz CT molecular complexity index is 690. The monoisotopic (exact) mass is 284 g/mol. The van der Waals surface area contributed by atoms with Crippen LogP contribution in [0.25, 0.3) is 10.9 Å². The van der Waals surface area contributed by atoms with Crippen LogP contribution in [0.3, 0.4) is 0 Å². The molecule has 1 aromatic carbocycles. The van der Waals surface area contributed by atoms with Gasteiger partial charge < -0.3 is 10.4 Å². The summed E-state index contributed by atoms with van der Waals surface area (Å²) < 4.78 is 0. The van der Waals surface area contributed by atoms with Crippen molar-refractivity contribution in [1.29, 1.82) is 0 Å². The first-order chi connectivity index (χ1) is 10.0. The lowest BCUT2D eigenvalue weighted by molar-refractivity contribution is 0.0699. The Morgan fingerprint density at radius 3 is 2.71 bits per heavy atom. The summed E-state index contributed by atoms with van der Waals surface area (Å²) in [4.78, 5) is 15.7. The number of aromatic carboxylic acids is 1. The van der Waals surface area contributed by atoms with Crippen LogP contribution < -0.4 is 5.32 Å². The summed E-state index contributed by atoms with van der Waals surface area (Å²) in [6.07, 6.45) is 2.54. The zero-order valence-corrected chi connectivity index (χ0v) is 12.4. The highest BCUT2D eigenvalue weighted by Crippen LogP contribution is 2.51. The summed E-state index contributed by atoms with van der Waals surface area (Å²) in [6.45, 7) is 5.46. The zero-order chi connectivity index (χ0) is 15.0. The van der Waals surface area contributed by atoms with Crippen LogP contribution in [0.1, 0.15) is 37.0 Å². The molecule has 0 atom stereocenters. The molecule has 1 heterocycles. The van der Waals surface area contributed by atoms with Crippen LogP contribution >= 0.6 is 0 Å². The van der Waals surface area contributed by atoms with E-state index < -0.39 is 5.97 Å². The van der Waals surface area contributed by atoms with Gasteiger partial charge in [0.2, 0.25) is 0 Å². The van der Waals surface area contributed by atoms with Crippen molar-refractivity contribution in [2.45, 2.75) is 26.7 Å². The Morgan fingerprint density at radius 1 is 1.33 bits per heavy atom. The van der Waals surface area contributed by atoms with Gasteiger partial charge in [-0.2, -0.15) is 0 Å². The van der Waals surface area contributed by atoms with Crippen molar-refractivity contribution in [3.05, 3.63) is 35.9 Å². The summed E-state index contributed by atoms with van der Waals surface area (Å²) in [6, 6.07) is 8.90. The summed E-state index contributed by atoms with van der Waals surface area (Å²) in [7, 11) is 0. The second-order valence-electron chi connectivity index (χ2n) is 6.24. The summed E-state index contributed by atoms with van der Waals surface area (Å²) in [5, 5.41) is 13.3. The van der Waals surface area contributed by atoms with Crippen LogP contribution in [-0.2, 0) is 0 Å². The van der Waals surface area contributed by atoms with E-state index in [1.54, 1.807) is 12.1 Å². The van der Waals surface area contributed by atoms with Gasteiger partial charge in [0.15, 0.2) is 0 Å². The molecule has 4 heteroatoms. The molecule has 1 aromatic heterocycles. The first kappa shape index (κ1) is 13.9. The number of hydrogen-bond acceptors (Lipinski definition) is 3. The van der Waals surface area contributed by atoms with E-state index >= 15 is 0 Å². The van der Waals surface area contributed by atoms with Gasteiger partial charge in [0.05, 0.1) is 11.1 Å². The molecule has 1 aliphatic rings. The van der Waals surface area contributed by atoms with E-state index in [-0.39, 0.29) is 0 Å². The second-order valence-corrected chi connectivity index (χ2v) is 6.24. The Kier molecular flexibility index (Phi) is 3.32. The fourth-order valence-corrected chi connectivity index (χ4v) is 2.83. The van der Waals surface area contributed by atoms with Gasteiger partial charge >= 0.3 is 5.97 Å². The lowest BCUT2D eigenvalue weighted by atomic mass is 9.92. The van der Waals surface area contributed by atoms with Crippen molar-refractivity contribution in [2.24, 2.45) is 11.3 Å². The smallest absolute Gasteiger partial charge is 0.336 e. The zero-order valence-electron chi connectivity index (χ0n) is 12.4. The number of rotatable bonds is 5. The van der Waals surface area contributed by atoms with Crippen LogP contribution in [-0.4, -0.2) is 22.6 Å². The SMILES string of the molecule is CC(C)C1(CNc2ccc3c(C(=O)O)cccc3n2)CC1. The number of carbonyl (C=O) groups is 1. The number of nitrogens with zero attached hydrogens (tertiary/aromatic N) is 1. The van der Waals surface area contributed by atoms with E-state index in [0.717, 1.165) is 12.4 Å². The third kappa shape index (κ3) is 2.58. The van der Waals surface area contributed by atoms with E-state index in [2.05, 4.69) is 24.1 Å². The minimum Gasteiger partial charge on any atom is -0.478 e. The predicted octanol–water partition coefficient (Wildman–Crippen LogP) is 3.78. The average Bonchev–Trinajstić information content (AvgIpc) is 3.25. The van der Waals surface area contributed by atoms with Crippen molar-refractivity contribution < 1.29 is 9.90 Å². The third-order valence-corrected chi connectivity index (χ3v) is 4.70. The molecular formula is C17H20N2O2. The molecule has 0 aliphatic heterocycles. The topological polar surface area (TPSA) is 62.2 Å². The molecule has 4 nitrogen and oxygen atoms in total. The first-order valence-electron chi connectivity index (χ1n) is 7.39. The van der Waals surface area contributed by atoms with E-state index in [1.165, 1.54) is 12.8 Å². The molecule has 1 saturated carbocycles. The molecule has 0 bridgehead atoms. The second kappa shape index (κ2) is 5.02. The minimum absolute atomic E-state index is 0.299. The minimum atomic E-state index is -0.917. The highest BCUT2D eigenvalue weighted by atomic mass is 16.4. The normalized spacial score (nSPS) is 16.1. The van der Waals surface area contributed by atoms with Crippen LogP contribution in [0.15, 0.2) is 30.3 Å². The maximum absolute atomic E-state index is 11.2. The highest BCUT2D eigenvalue weighted by molar-refractivity contribution is 6.02. The van der Waals surface area contributed by atoms with Crippen LogP contribution in [0.4, 0.5) is 5.82 Å². The van der Waals surface area contributed by atoms with E-state index in [9.17, 15) is 9.90 Å². The molecule has 0 spiro atoms. The number of fused-ring (bicyclic) bond motifs is 1. The van der Waals surface area contributed by atoms with Gasteiger partial charge in [-0.3, -0.25) is 0 Å². The Balaban J connectivity index is 1.83. The van der Waals surface area contributed by atoms with E-state index in [4.69, 9.17) is 0 Å². The molecule has 1 fully saturated rings. The van der Waals surface area contributed by atoms with E-state index in [1.807, 2.05) is 18.2 Å². The fourth-order valence-electron chi connectivity index (χ4n) is 2.83. The fraction of sp³-hybridized carbons (Fsp3) is 0.412. The van der Waals surface area contributed by atoms with Crippen molar-refractivity contribution in [3.63, 3.8) is 0 Å². The molecule has 110 valence electrons. The summed E-state index contributed by atoms with van der Waals surface area (Å²) >= 11 is 0. The van der Waals surface area contributed by atoms with E-state index in [0.29, 0.717) is 27.8 Å². The number of anilines is 1. The molecule has 2 aromatic rings. The number of benzene rings is 1. The number of hydrogen-bond donors (Lipinski definition) is 2. The van der Waals surface area contributed by atoms with Gasteiger partial charge in [-0.1, -0.05) is 19.9 Å². The van der Waals surface area contributed by atoms with Crippen LogP contribution in [0.5, 0.6) is 0 Å². The Morgan fingerprint density at radius 2 is 2.10 bits per heavy atom.